The summed E-state index contributed by atoms with van der Waals surface area (Å²) in [5, 5.41) is 17.3. The first-order chi connectivity index (χ1) is 11.5. The van der Waals surface area contributed by atoms with Crippen molar-refractivity contribution in [1.29, 1.82) is 5.41 Å². The van der Waals surface area contributed by atoms with Crippen molar-refractivity contribution in [3.63, 3.8) is 0 Å². The zero-order valence-electron chi connectivity index (χ0n) is 12.8. The van der Waals surface area contributed by atoms with E-state index in [0.29, 0.717) is 6.07 Å². The van der Waals surface area contributed by atoms with Crippen LogP contribution in [0, 0.1) is 5.41 Å². The Balaban J connectivity index is 2.64. The molecule has 1 amide bonds. The van der Waals surface area contributed by atoms with E-state index in [1.165, 1.54) is 13.1 Å². The molecule has 0 aliphatic carbocycles. The van der Waals surface area contributed by atoms with Crippen LogP contribution in [0.1, 0.15) is 16.1 Å². The Morgan fingerprint density at radius 1 is 1.36 bits per heavy atom. The minimum Gasteiger partial charge on any atom is -0.482 e. The van der Waals surface area contributed by atoms with Crippen molar-refractivity contribution in [2.24, 2.45) is 12.8 Å². The quantitative estimate of drug-likeness (QED) is 0.483. The smallest absolute Gasteiger partial charge is 0.417 e. The van der Waals surface area contributed by atoms with Gasteiger partial charge in [-0.15, -0.1) is 0 Å². The van der Waals surface area contributed by atoms with E-state index in [1.54, 1.807) is 0 Å². The maximum absolute atomic E-state index is 13.3. The van der Waals surface area contributed by atoms with Crippen molar-refractivity contribution in [3.05, 3.63) is 29.5 Å². The molecule has 0 atom stereocenters. The predicted molar refractivity (Wildman–Crippen MR) is 80.4 cm³/mol. The summed E-state index contributed by atoms with van der Waals surface area (Å²) in [5.41, 5.74) is 3.81. The Labute approximate surface area is 138 Å². The summed E-state index contributed by atoms with van der Waals surface area (Å²) in [4.78, 5) is 22.5. The monoisotopic (exact) mass is 358 g/mol. The minimum absolute atomic E-state index is 0.00363. The van der Waals surface area contributed by atoms with Gasteiger partial charge in [0, 0.05) is 18.5 Å². The number of carboxylic acids is 1. The molecule has 25 heavy (non-hydrogen) atoms. The van der Waals surface area contributed by atoms with Crippen LogP contribution in [0.25, 0.3) is 10.9 Å². The molecule has 2 aromatic rings. The molecule has 1 aromatic heterocycles. The number of aromatic nitrogens is 1. The van der Waals surface area contributed by atoms with Gasteiger partial charge in [-0.2, -0.15) is 13.2 Å². The Morgan fingerprint density at radius 3 is 2.52 bits per heavy atom. The number of alkyl halides is 3. The number of hydrogen-bond acceptors (Lipinski definition) is 4. The number of carboxylic acid groups (broad SMARTS) is 1. The molecule has 1 heterocycles. The number of nitrogens with one attached hydrogen (secondary N) is 2. The number of carbonyl (C=O) groups is 2. The number of aliphatic carboxylic acids is 1. The number of halogens is 3. The molecule has 0 aliphatic rings. The van der Waals surface area contributed by atoms with E-state index in [2.05, 4.69) is 0 Å². The Bertz CT molecular complexity index is 873. The van der Waals surface area contributed by atoms with E-state index < -0.39 is 36.2 Å². The highest BCUT2D eigenvalue weighted by Gasteiger charge is 2.34. The van der Waals surface area contributed by atoms with E-state index in [1.807, 2.05) is 5.32 Å². The largest absolute Gasteiger partial charge is 0.482 e. The molecule has 0 radical (unpaired) electrons. The molecule has 0 spiro atoms. The predicted octanol–water partition coefficient (Wildman–Crippen LogP) is 1.28. The number of rotatable bonds is 4. The fourth-order valence-electron chi connectivity index (χ4n) is 2.27. The second kappa shape index (κ2) is 6.34. The van der Waals surface area contributed by atoms with E-state index in [-0.39, 0.29) is 22.3 Å². The van der Waals surface area contributed by atoms with Gasteiger partial charge in [0.05, 0.1) is 11.1 Å². The van der Waals surface area contributed by atoms with Crippen LogP contribution in [0.5, 0.6) is 5.75 Å². The lowest BCUT2D eigenvalue weighted by Gasteiger charge is -2.12. The number of aryl methyl sites for hydroxylation is 1. The number of carbonyl (C=O) groups excluding carboxylic acids is 1. The van der Waals surface area contributed by atoms with Gasteiger partial charge in [0.25, 0.3) is 5.91 Å². The van der Waals surface area contributed by atoms with Crippen LogP contribution < -0.4 is 15.8 Å². The number of hydrogen-bond donors (Lipinski definition) is 4. The summed E-state index contributed by atoms with van der Waals surface area (Å²) in [6.07, 6.45) is -4.75. The maximum Gasteiger partial charge on any atom is 0.417 e. The summed E-state index contributed by atoms with van der Waals surface area (Å²) in [7, 11) is 1.35. The van der Waals surface area contributed by atoms with Gasteiger partial charge in [-0.05, 0) is 12.1 Å². The molecule has 134 valence electrons. The van der Waals surface area contributed by atoms with Gasteiger partial charge in [-0.25, -0.2) is 4.79 Å². The van der Waals surface area contributed by atoms with E-state index in [9.17, 15) is 22.8 Å². The van der Waals surface area contributed by atoms with Gasteiger partial charge in [-0.3, -0.25) is 15.5 Å². The Kier molecular flexibility index (Phi) is 4.59. The molecule has 11 heteroatoms. The fraction of sp³-hybridized carbons (Fsp3) is 0.214. The second-order valence-corrected chi connectivity index (χ2v) is 5.04. The lowest BCUT2D eigenvalue weighted by molar-refractivity contribution is -0.139. The van der Waals surface area contributed by atoms with Crippen LogP contribution in [0.4, 0.5) is 13.2 Å². The molecule has 0 aliphatic heterocycles. The van der Waals surface area contributed by atoms with E-state index in [0.717, 1.165) is 10.6 Å². The lowest BCUT2D eigenvalue weighted by Crippen LogP contribution is -2.36. The summed E-state index contributed by atoms with van der Waals surface area (Å²) < 4.78 is 45.9. The van der Waals surface area contributed by atoms with E-state index in [4.69, 9.17) is 21.0 Å². The van der Waals surface area contributed by atoms with Gasteiger partial charge in [0.15, 0.2) is 12.6 Å². The molecular formula is C14H13F3N4O4. The first kappa shape index (κ1) is 18.1. The normalized spacial score (nSPS) is 11.4. The summed E-state index contributed by atoms with van der Waals surface area (Å²) in [6.45, 7) is -0.815. The number of guanidine groups is 1. The summed E-state index contributed by atoms with van der Waals surface area (Å²) >= 11 is 0. The highest BCUT2D eigenvalue weighted by atomic mass is 19.4. The van der Waals surface area contributed by atoms with Crippen LogP contribution in [0.15, 0.2) is 18.2 Å². The van der Waals surface area contributed by atoms with Crippen molar-refractivity contribution < 1.29 is 32.6 Å². The highest BCUT2D eigenvalue weighted by Crippen LogP contribution is 2.38. The van der Waals surface area contributed by atoms with Crippen LogP contribution in [-0.2, 0) is 18.0 Å². The van der Waals surface area contributed by atoms with Crippen molar-refractivity contribution in [2.75, 3.05) is 6.61 Å². The van der Waals surface area contributed by atoms with Gasteiger partial charge in [0.1, 0.15) is 11.4 Å². The molecule has 0 saturated carbocycles. The molecule has 0 fully saturated rings. The average molecular weight is 358 g/mol. The Morgan fingerprint density at radius 2 is 2.00 bits per heavy atom. The van der Waals surface area contributed by atoms with Crippen LogP contribution in [0.3, 0.4) is 0 Å². The van der Waals surface area contributed by atoms with Crippen LogP contribution in [-0.4, -0.2) is 34.1 Å². The standard InChI is InChI=1S/C14H13F3N4O4/c1-21-9-3-6(25-5-11(22)23)2-8(14(15,16)17)7(9)4-10(21)12(24)20-13(18)19/h2-4H,5H2,1H3,(H,22,23)(H4,18,19,20,24). The third kappa shape index (κ3) is 3.82. The molecular weight excluding hydrogens is 345 g/mol. The van der Waals surface area contributed by atoms with Gasteiger partial charge < -0.3 is 20.1 Å². The first-order valence-corrected chi connectivity index (χ1v) is 6.71. The summed E-state index contributed by atoms with van der Waals surface area (Å²) in [6, 6.07) is 2.87. The van der Waals surface area contributed by atoms with Crippen molar-refractivity contribution in [2.45, 2.75) is 6.18 Å². The van der Waals surface area contributed by atoms with Crippen LogP contribution in [0.2, 0.25) is 0 Å². The third-order valence-electron chi connectivity index (χ3n) is 3.28. The molecule has 0 unspecified atom stereocenters. The molecule has 0 saturated heterocycles. The Hall–Kier alpha value is -3.24. The molecule has 8 nitrogen and oxygen atoms in total. The number of nitrogens with zero attached hydrogens (tertiary/aromatic N) is 1. The average Bonchev–Trinajstić information content (AvgIpc) is 2.80. The number of fused-ring (bicyclic) bond motifs is 1. The van der Waals surface area contributed by atoms with Gasteiger partial charge in [0.2, 0.25) is 0 Å². The van der Waals surface area contributed by atoms with Crippen molar-refractivity contribution in [1.82, 2.24) is 9.88 Å². The number of amides is 1. The minimum atomic E-state index is -4.75. The molecule has 2 rings (SSSR count). The number of ether oxygens (including phenoxy) is 1. The first-order valence-electron chi connectivity index (χ1n) is 6.71. The topological polar surface area (TPSA) is 130 Å². The number of benzene rings is 1. The van der Waals surface area contributed by atoms with Crippen molar-refractivity contribution >= 4 is 28.7 Å². The second-order valence-electron chi connectivity index (χ2n) is 5.04. The molecule has 1 aromatic carbocycles. The van der Waals surface area contributed by atoms with Gasteiger partial charge >= 0.3 is 12.1 Å². The van der Waals surface area contributed by atoms with Crippen molar-refractivity contribution in [3.8, 4) is 5.75 Å². The van der Waals surface area contributed by atoms with Crippen LogP contribution >= 0.6 is 0 Å². The van der Waals surface area contributed by atoms with Gasteiger partial charge in [-0.1, -0.05) is 0 Å². The lowest BCUT2D eigenvalue weighted by atomic mass is 10.1. The SMILES string of the molecule is Cn1c(C(=O)NC(=N)N)cc2c(C(F)(F)F)cc(OCC(=O)O)cc21. The molecule has 0 bridgehead atoms. The number of nitrogens with two attached hydrogens (primary N) is 1. The molecule has 5 N–H and O–H groups in total. The maximum atomic E-state index is 13.3. The van der Waals surface area contributed by atoms with E-state index >= 15 is 0 Å². The fourth-order valence-corrected chi connectivity index (χ4v) is 2.27. The zero-order valence-corrected chi connectivity index (χ0v) is 12.8. The summed E-state index contributed by atoms with van der Waals surface area (Å²) in [5.74, 6) is -3.16. The highest BCUT2D eigenvalue weighted by molar-refractivity contribution is 6.06. The zero-order chi connectivity index (χ0) is 18.9. The third-order valence-corrected chi connectivity index (χ3v) is 3.28.